The van der Waals surface area contributed by atoms with E-state index in [1.807, 2.05) is 26.0 Å². The summed E-state index contributed by atoms with van der Waals surface area (Å²) in [6, 6.07) is 17.3. The van der Waals surface area contributed by atoms with Gasteiger partial charge in [-0.15, -0.1) is 0 Å². The summed E-state index contributed by atoms with van der Waals surface area (Å²) in [5.41, 5.74) is 2.95. The van der Waals surface area contributed by atoms with Crippen LogP contribution in [-0.2, 0) is 20.0 Å². The number of anilines is 3. The van der Waals surface area contributed by atoms with Gasteiger partial charge < -0.3 is 5.32 Å². The monoisotopic (exact) mass is 473 g/mol. The van der Waals surface area contributed by atoms with Gasteiger partial charge in [0.15, 0.2) is 0 Å². The number of nitrogens with one attached hydrogen (secondary N) is 3. The van der Waals surface area contributed by atoms with Gasteiger partial charge in [-0.25, -0.2) is 16.8 Å². The van der Waals surface area contributed by atoms with Crippen LogP contribution in [0.5, 0.6) is 0 Å². The molecular weight excluding hydrogens is 450 g/mol. The first-order valence-electron chi connectivity index (χ1n) is 9.53. The molecule has 0 spiro atoms. The van der Waals surface area contributed by atoms with Crippen molar-refractivity contribution in [2.45, 2.75) is 18.7 Å². The molecule has 0 atom stereocenters. The highest BCUT2D eigenvalue weighted by atomic mass is 32.2. The Balaban J connectivity index is 1.77. The summed E-state index contributed by atoms with van der Waals surface area (Å²) in [5.74, 6) is -0.541. The lowest BCUT2D eigenvalue weighted by Gasteiger charge is -2.13. The van der Waals surface area contributed by atoms with Crippen LogP contribution in [0.4, 0.5) is 17.1 Å². The van der Waals surface area contributed by atoms with E-state index in [4.69, 9.17) is 0 Å². The predicted molar refractivity (Wildman–Crippen MR) is 126 cm³/mol. The molecule has 0 aliphatic carbocycles. The van der Waals surface area contributed by atoms with Gasteiger partial charge in [0, 0.05) is 5.69 Å². The maximum atomic E-state index is 12.7. The number of para-hydroxylation sites is 1. The lowest BCUT2D eigenvalue weighted by molar-refractivity contribution is 0.102. The lowest BCUT2D eigenvalue weighted by atomic mass is 10.1. The number of hydrogen-bond donors (Lipinski definition) is 3. The summed E-state index contributed by atoms with van der Waals surface area (Å²) >= 11 is 0. The van der Waals surface area contributed by atoms with Crippen molar-refractivity contribution in [3.05, 3.63) is 83.4 Å². The van der Waals surface area contributed by atoms with Crippen molar-refractivity contribution in [2.24, 2.45) is 0 Å². The van der Waals surface area contributed by atoms with Gasteiger partial charge in [0.2, 0.25) is 10.0 Å². The van der Waals surface area contributed by atoms with Crippen molar-refractivity contribution in [1.82, 2.24) is 0 Å². The fourth-order valence-electron chi connectivity index (χ4n) is 3.02. The molecule has 0 heterocycles. The Morgan fingerprint density at radius 2 is 1.44 bits per heavy atom. The zero-order chi connectivity index (χ0) is 23.5. The fourth-order valence-corrected chi connectivity index (χ4v) is 4.73. The van der Waals surface area contributed by atoms with Crippen LogP contribution < -0.4 is 14.8 Å². The number of hydrogen-bond acceptors (Lipinski definition) is 5. The van der Waals surface area contributed by atoms with Crippen molar-refractivity contribution in [3.8, 4) is 0 Å². The van der Waals surface area contributed by atoms with Crippen molar-refractivity contribution < 1.29 is 21.6 Å². The van der Waals surface area contributed by atoms with Crippen LogP contribution in [-0.4, -0.2) is 29.0 Å². The van der Waals surface area contributed by atoms with E-state index in [0.717, 1.165) is 17.4 Å². The Kier molecular flexibility index (Phi) is 6.56. The second-order valence-electron chi connectivity index (χ2n) is 7.32. The topological polar surface area (TPSA) is 121 Å². The quantitative estimate of drug-likeness (QED) is 0.483. The van der Waals surface area contributed by atoms with Gasteiger partial charge in [-0.2, -0.15) is 0 Å². The van der Waals surface area contributed by atoms with Crippen LogP contribution in [0.15, 0.2) is 71.6 Å². The maximum Gasteiger partial charge on any atom is 0.261 e. The first-order valence-corrected chi connectivity index (χ1v) is 12.9. The van der Waals surface area contributed by atoms with Crippen LogP contribution in [0.3, 0.4) is 0 Å². The van der Waals surface area contributed by atoms with Crippen LogP contribution >= 0.6 is 0 Å². The zero-order valence-corrected chi connectivity index (χ0v) is 19.3. The number of carbonyl (C=O) groups is 1. The highest BCUT2D eigenvalue weighted by Crippen LogP contribution is 2.23. The van der Waals surface area contributed by atoms with E-state index in [1.54, 1.807) is 18.2 Å². The molecule has 0 aromatic heterocycles. The minimum absolute atomic E-state index is 0.0367. The van der Waals surface area contributed by atoms with Crippen LogP contribution in [0.1, 0.15) is 21.5 Å². The van der Waals surface area contributed by atoms with Crippen molar-refractivity contribution >= 4 is 43.0 Å². The standard InChI is InChI=1S/C22H23N3O5S2/c1-15-8-13-20(16(2)14-15)25-32(29,30)18-11-9-17(10-12-18)23-22(26)19-6-4-5-7-21(19)24-31(3,27)28/h4-14,24-25H,1-3H3,(H,23,26). The number of carbonyl (C=O) groups excluding carboxylic acids is 1. The molecule has 3 aromatic carbocycles. The van der Waals surface area contributed by atoms with Gasteiger partial charge in [0.05, 0.1) is 28.1 Å². The second-order valence-corrected chi connectivity index (χ2v) is 10.8. The molecule has 0 bridgehead atoms. The molecule has 0 aliphatic rings. The van der Waals surface area contributed by atoms with E-state index in [1.165, 1.54) is 36.4 Å². The molecule has 168 valence electrons. The first kappa shape index (κ1) is 23.3. The van der Waals surface area contributed by atoms with Gasteiger partial charge in [0.1, 0.15) is 0 Å². The van der Waals surface area contributed by atoms with E-state index >= 15 is 0 Å². The van der Waals surface area contributed by atoms with E-state index in [9.17, 15) is 21.6 Å². The Morgan fingerprint density at radius 3 is 2.06 bits per heavy atom. The third-order valence-corrected chi connectivity index (χ3v) is 6.49. The molecule has 32 heavy (non-hydrogen) atoms. The summed E-state index contributed by atoms with van der Waals surface area (Å²) in [6.45, 7) is 3.74. The average molecular weight is 474 g/mol. The molecule has 0 aliphatic heterocycles. The van der Waals surface area contributed by atoms with E-state index < -0.39 is 26.0 Å². The Labute approximate surface area is 187 Å². The minimum Gasteiger partial charge on any atom is -0.322 e. The molecule has 3 N–H and O–H groups in total. The number of aryl methyl sites for hydroxylation is 2. The van der Waals surface area contributed by atoms with Crippen molar-refractivity contribution in [3.63, 3.8) is 0 Å². The smallest absolute Gasteiger partial charge is 0.261 e. The third-order valence-electron chi connectivity index (χ3n) is 4.52. The lowest BCUT2D eigenvalue weighted by Crippen LogP contribution is -2.17. The first-order chi connectivity index (χ1) is 14.9. The van der Waals surface area contributed by atoms with E-state index in [0.29, 0.717) is 11.4 Å². The molecule has 0 saturated heterocycles. The van der Waals surface area contributed by atoms with E-state index in [-0.39, 0.29) is 16.1 Å². The molecule has 0 radical (unpaired) electrons. The molecule has 3 aromatic rings. The van der Waals surface area contributed by atoms with Crippen molar-refractivity contribution in [1.29, 1.82) is 0 Å². The zero-order valence-electron chi connectivity index (χ0n) is 17.7. The van der Waals surface area contributed by atoms with Gasteiger partial charge in [-0.3, -0.25) is 14.2 Å². The minimum atomic E-state index is -3.81. The van der Waals surface area contributed by atoms with Gasteiger partial charge >= 0.3 is 0 Å². The number of benzene rings is 3. The van der Waals surface area contributed by atoms with Crippen molar-refractivity contribution in [2.75, 3.05) is 21.0 Å². The molecule has 0 unspecified atom stereocenters. The second kappa shape index (κ2) is 9.01. The van der Waals surface area contributed by atoms with E-state index in [2.05, 4.69) is 14.8 Å². The van der Waals surface area contributed by atoms with Crippen LogP contribution in [0, 0.1) is 13.8 Å². The molecule has 0 saturated carbocycles. The number of sulfonamides is 2. The molecule has 8 nitrogen and oxygen atoms in total. The maximum absolute atomic E-state index is 12.7. The highest BCUT2D eigenvalue weighted by Gasteiger charge is 2.17. The molecule has 3 rings (SSSR count). The molecular formula is C22H23N3O5S2. The average Bonchev–Trinajstić information content (AvgIpc) is 2.69. The molecule has 1 amide bonds. The van der Waals surface area contributed by atoms with Crippen LogP contribution in [0.25, 0.3) is 0 Å². The number of amides is 1. The van der Waals surface area contributed by atoms with Gasteiger partial charge in [0.25, 0.3) is 15.9 Å². The Hall–Kier alpha value is -3.37. The highest BCUT2D eigenvalue weighted by molar-refractivity contribution is 7.92. The normalized spacial score (nSPS) is 11.6. The third kappa shape index (κ3) is 5.86. The van der Waals surface area contributed by atoms with Gasteiger partial charge in [-0.1, -0.05) is 29.8 Å². The fraction of sp³-hybridized carbons (Fsp3) is 0.136. The number of rotatable bonds is 7. The predicted octanol–water partition coefficient (Wildman–Crippen LogP) is 3.73. The van der Waals surface area contributed by atoms with Gasteiger partial charge in [-0.05, 0) is 61.9 Å². The Morgan fingerprint density at radius 1 is 0.781 bits per heavy atom. The summed E-state index contributed by atoms with van der Waals surface area (Å²) < 4.78 is 53.3. The summed E-state index contributed by atoms with van der Waals surface area (Å²) in [7, 11) is -7.38. The largest absolute Gasteiger partial charge is 0.322 e. The summed E-state index contributed by atoms with van der Waals surface area (Å²) in [6.07, 6.45) is 0.993. The molecule has 0 fully saturated rings. The Bertz CT molecular complexity index is 1370. The summed E-state index contributed by atoms with van der Waals surface area (Å²) in [5, 5.41) is 2.64. The summed E-state index contributed by atoms with van der Waals surface area (Å²) in [4.78, 5) is 12.7. The van der Waals surface area contributed by atoms with Crippen LogP contribution in [0.2, 0.25) is 0 Å². The SMILES string of the molecule is Cc1ccc(NS(=O)(=O)c2ccc(NC(=O)c3ccccc3NS(C)(=O)=O)cc2)c(C)c1. The molecule has 10 heteroatoms.